The first-order valence-electron chi connectivity index (χ1n) is 10.9. The van der Waals surface area contributed by atoms with Gasteiger partial charge in [0.1, 0.15) is 18.2 Å². The highest BCUT2D eigenvalue weighted by Gasteiger charge is 2.42. The first-order chi connectivity index (χ1) is 16.0. The van der Waals surface area contributed by atoms with E-state index in [0.29, 0.717) is 37.3 Å². The van der Waals surface area contributed by atoms with Crippen molar-refractivity contribution in [1.29, 1.82) is 0 Å². The van der Waals surface area contributed by atoms with E-state index in [2.05, 4.69) is 14.9 Å². The molecule has 8 nitrogen and oxygen atoms in total. The zero-order valence-electron chi connectivity index (χ0n) is 18.2. The van der Waals surface area contributed by atoms with Crippen LogP contribution in [0.1, 0.15) is 27.6 Å². The van der Waals surface area contributed by atoms with Crippen molar-refractivity contribution in [2.75, 3.05) is 31.1 Å². The number of hydrogen-bond acceptors (Lipinski definition) is 6. The zero-order valence-corrected chi connectivity index (χ0v) is 18.2. The molecule has 2 aliphatic rings. The summed E-state index contributed by atoms with van der Waals surface area (Å²) in [5.41, 5.74) is 2.57. The second-order valence-corrected chi connectivity index (χ2v) is 8.14. The fraction of sp³-hybridized carbons (Fsp3) is 0.240. The van der Waals surface area contributed by atoms with Crippen LogP contribution in [0.25, 0.3) is 11.3 Å². The minimum absolute atomic E-state index is 0.225. The molecule has 3 heterocycles. The lowest BCUT2D eigenvalue weighted by Gasteiger charge is -2.37. The second kappa shape index (κ2) is 8.46. The molecule has 3 amide bonds. The molecule has 2 aromatic carbocycles. The highest BCUT2D eigenvalue weighted by molar-refractivity contribution is 6.22. The maximum atomic E-state index is 13.1. The maximum absolute atomic E-state index is 13.1. The Morgan fingerprint density at radius 3 is 2.09 bits per heavy atom. The molecule has 0 saturated carbocycles. The minimum atomic E-state index is -0.854. The minimum Gasteiger partial charge on any atom is -0.353 e. The summed E-state index contributed by atoms with van der Waals surface area (Å²) in [6.07, 6.45) is 1.56. The number of amides is 3. The van der Waals surface area contributed by atoms with Crippen LogP contribution in [-0.4, -0.2) is 69.7 Å². The lowest BCUT2D eigenvalue weighted by Crippen LogP contribution is -2.55. The molecule has 5 rings (SSSR count). The summed E-state index contributed by atoms with van der Waals surface area (Å²) in [5, 5.41) is 0. The Balaban J connectivity index is 1.25. The molecule has 1 saturated heterocycles. The number of imide groups is 1. The third kappa shape index (κ3) is 3.73. The van der Waals surface area contributed by atoms with E-state index in [1.54, 1.807) is 42.4 Å². The van der Waals surface area contributed by atoms with Gasteiger partial charge in [-0.2, -0.15) is 0 Å². The number of nitrogens with zero attached hydrogens (tertiary/aromatic N) is 5. The lowest BCUT2D eigenvalue weighted by atomic mass is 10.1. The molecule has 0 bridgehead atoms. The highest BCUT2D eigenvalue weighted by atomic mass is 16.2. The zero-order chi connectivity index (χ0) is 22.9. The Hall–Kier alpha value is -4.07. The predicted octanol–water partition coefficient (Wildman–Crippen LogP) is 2.48. The molecular formula is C25H23N5O3. The number of fused-ring (bicyclic) bond motifs is 1. The van der Waals surface area contributed by atoms with Gasteiger partial charge in [0.05, 0.1) is 16.8 Å². The van der Waals surface area contributed by atoms with Crippen LogP contribution in [0.5, 0.6) is 0 Å². The van der Waals surface area contributed by atoms with Crippen LogP contribution in [0.4, 0.5) is 5.82 Å². The number of carbonyl (C=O) groups excluding carboxylic acids is 3. The topological polar surface area (TPSA) is 86.7 Å². The van der Waals surface area contributed by atoms with Crippen LogP contribution < -0.4 is 4.90 Å². The van der Waals surface area contributed by atoms with Crippen molar-refractivity contribution in [2.45, 2.75) is 13.0 Å². The summed E-state index contributed by atoms with van der Waals surface area (Å²) < 4.78 is 0. The fourth-order valence-electron chi connectivity index (χ4n) is 4.38. The van der Waals surface area contributed by atoms with Gasteiger partial charge in [-0.05, 0) is 19.1 Å². The van der Waals surface area contributed by atoms with Crippen LogP contribution in [0, 0.1) is 0 Å². The van der Waals surface area contributed by atoms with E-state index in [0.717, 1.165) is 22.0 Å². The van der Waals surface area contributed by atoms with Gasteiger partial charge in [-0.3, -0.25) is 19.3 Å². The average Bonchev–Trinajstić information content (AvgIpc) is 3.14. The lowest BCUT2D eigenvalue weighted by molar-refractivity contribution is -0.135. The number of carbonyl (C=O) groups is 3. The van der Waals surface area contributed by atoms with Crippen LogP contribution in [0.3, 0.4) is 0 Å². The van der Waals surface area contributed by atoms with Gasteiger partial charge in [-0.15, -0.1) is 0 Å². The third-order valence-electron chi connectivity index (χ3n) is 6.21. The van der Waals surface area contributed by atoms with Crippen molar-refractivity contribution in [3.8, 4) is 11.3 Å². The number of anilines is 1. The number of rotatable bonds is 4. The molecule has 2 aliphatic heterocycles. The highest BCUT2D eigenvalue weighted by Crippen LogP contribution is 2.26. The van der Waals surface area contributed by atoms with Gasteiger partial charge in [-0.25, -0.2) is 9.97 Å². The molecule has 1 atom stereocenters. The van der Waals surface area contributed by atoms with Crippen molar-refractivity contribution in [3.05, 3.63) is 78.1 Å². The van der Waals surface area contributed by atoms with Crippen LogP contribution >= 0.6 is 0 Å². The van der Waals surface area contributed by atoms with Gasteiger partial charge < -0.3 is 9.80 Å². The Bertz CT molecular complexity index is 1190. The molecule has 166 valence electrons. The maximum Gasteiger partial charge on any atom is 0.262 e. The molecular weight excluding hydrogens is 418 g/mol. The van der Waals surface area contributed by atoms with E-state index < -0.39 is 17.9 Å². The van der Waals surface area contributed by atoms with Gasteiger partial charge in [0.15, 0.2) is 0 Å². The largest absolute Gasteiger partial charge is 0.353 e. The Morgan fingerprint density at radius 2 is 1.45 bits per heavy atom. The smallest absolute Gasteiger partial charge is 0.262 e. The van der Waals surface area contributed by atoms with Crippen molar-refractivity contribution in [3.63, 3.8) is 0 Å². The van der Waals surface area contributed by atoms with E-state index in [4.69, 9.17) is 0 Å². The summed E-state index contributed by atoms with van der Waals surface area (Å²) in [6.45, 7) is 3.79. The molecule has 0 aliphatic carbocycles. The molecule has 1 unspecified atom stereocenters. The van der Waals surface area contributed by atoms with E-state index in [9.17, 15) is 14.4 Å². The average molecular weight is 441 g/mol. The summed E-state index contributed by atoms with van der Waals surface area (Å²) >= 11 is 0. The predicted molar refractivity (Wildman–Crippen MR) is 123 cm³/mol. The monoisotopic (exact) mass is 441 g/mol. The Labute approximate surface area is 191 Å². The van der Waals surface area contributed by atoms with Gasteiger partial charge in [0, 0.05) is 37.8 Å². The number of piperazine rings is 1. The standard InChI is InChI=1S/C25H23N5O3/c1-17(30-24(32)19-9-5-6-10-20(19)25(30)33)23(31)29-13-11-28(12-14-29)22-15-21(26-16-27-22)18-7-3-2-4-8-18/h2-10,15-17H,11-14H2,1H3. The Kier molecular flexibility index (Phi) is 5.34. The molecule has 33 heavy (non-hydrogen) atoms. The van der Waals surface area contributed by atoms with E-state index in [1.165, 1.54) is 0 Å². The molecule has 1 aromatic heterocycles. The van der Waals surface area contributed by atoms with Gasteiger partial charge in [0.2, 0.25) is 5.91 Å². The fourth-order valence-corrected chi connectivity index (χ4v) is 4.38. The summed E-state index contributed by atoms with van der Waals surface area (Å²) in [5.74, 6) is -0.241. The molecule has 0 radical (unpaired) electrons. The second-order valence-electron chi connectivity index (χ2n) is 8.14. The van der Waals surface area contributed by atoms with Crippen molar-refractivity contribution in [1.82, 2.24) is 19.8 Å². The van der Waals surface area contributed by atoms with Crippen molar-refractivity contribution in [2.24, 2.45) is 0 Å². The van der Waals surface area contributed by atoms with Crippen molar-refractivity contribution >= 4 is 23.5 Å². The van der Waals surface area contributed by atoms with Gasteiger partial charge >= 0.3 is 0 Å². The SMILES string of the molecule is CC(C(=O)N1CCN(c2cc(-c3ccccc3)ncn2)CC1)N1C(=O)c2ccccc2C1=O. The van der Waals surface area contributed by atoms with Crippen LogP contribution in [0.15, 0.2) is 67.0 Å². The summed E-state index contributed by atoms with van der Waals surface area (Å²) in [6, 6.07) is 17.7. The molecule has 3 aromatic rings. The normalized spacial score (nSPS) is 16.7. The molecule has 1 fully saturated rings. The first kappa shape index (κ1) is 20.8. The Morgan fingerprint density at radius 1 is 0.848 bits per heavy atom. The van der Waals surface area contributed by atoms with Crippen molar-refractivity contribution < 1.29 is 14.4 Å². The molecule has 0 N–H and O–H groups in total. The van der Waals surface area contributed by atoms with E-state index in [-0.39, 0.29) is 5.91 Å². The van der Waals surface area contributed by atoms with Gasteiger partial charge in [0.25, 0.3) is 11.8 Å². The molecule has 8 heteroatoms. The number of hydrogen-bond donors (Lipinski definition) is 0. The third-order valence-corrected chi connectivity index (χ3v) is 6.21. The number of benzene rings is 2. The quantitative estimate of drug-likeness (QED) is 0.578. The summed E-state index contributed by atoms with van der Waals surface area (Å²) in [7, 11) is 0. The van der Waals surface area contributed by atoms with E-state index >= 15 is 0 Å². The molecule has 0 spiro atoms. The first-order valence-corrected chi connectivity index (χ1v) is 10.9. The van der Waals surface area contributed by atoms with E-state index in [1.807, 2.05) is 36.4 Å². The number of aromatic nitrogens is 2. The van der Waals surface area contributed by atoms with Crippen LogP contribution in [0.2, 0.25) is 0 Å². The summed E-state index contributed by atoms with van der Waals surface area (Å²) in [4.78, 5) is 52.3. The van der Waals surface area contributed by atoms with Crippen LogP contribution in [-0.2, 0) is 4.79 Å². The van der Waals surface area contributed by atoms with Gasteiger partial charge in [-0.1, -0.05) is 42.5 Å².